The highest BCUT2D eigenvalue weighted by atomic mass is 79.9. The van der Waals surface area contributed by atoms with Crippen molar-refractivity contribution in [3.63, 3.8) is 0 Å². The highest BCUT2D eigenvalue weighted by Gasteiger charge is 2.39. The maximum atomic E-state index is 8.76. The number of benzene rings is 1. The average molecular weight is 229 g/mol. The zero-order valence-corrected chi connectivity index (χ0v) is 7.99. The first-order chi connectivity index (χ1) is 5.81. The maximum absolute atomic E-state index is 8.76. The Morgan fingerprint density at radius 2 is 2.00 bits per heavy atom. The summed E-state index contributed by atoms with van der Waals surface area (Å²) in [6, 6.07) is 7.96. The number of rotatable bonds is 2. The van der Waals surface area contributed by atoms with Crippen molar-refractivity contribution in [3.8, 4) is 0 Å². The second-order valence-electron chi connectivity index (χ2n) is 2.83. The summed E-state index contributed by atoms with van der Waals surface area (Å²) in [5.74, 6) is 0. The van der Waals surface area contributed by atoms with E-state index in [-0.39, 0.29) is 18.8 Å². The molecule has 1 N–H and O–H groups in total. The SMILES string of the molecule is OC[C@H]1O[C@H]1c1ccc(Br)cc1. The highest BCUT2D eigenvalue weighted by molar-refractivity contribution is 9.10. The molecule has 1 aromatic rings. The fourth-order valence-corrected chi connectivity index (χ4v) is 1.49. The van der Waals surface area contributed by atoms with Crippen LogP contribution in [0.4, 0.5) is 0 Å². The number of hydrogen-bond donors (Lipinski definition) is 1. The summed E-state index contributed by atoms with van der Waals surface area (Å²) >= 11 is 3.36. The van der Waals surface area contributed by atoms with Crippen molar-refractivity contribution in [2.24, 2.45) is 0 Å². The minimum absolute atomic E-state index is 0.0196. The van der Waals surface area contributed by atoms with Gasteiger partial charge < -0.3 is 9.84 Å². The molecule has 2 nitrogen and oxygen atoms in total. The quantitative estimate of drug-likeness (QED) is 0.785. The summed E-state index contributed by atoms with van der Waals surface area (Å²) in [6.45, 7) is 0.112. The van der Waals surface area contributed by atoms with Crippen LogP contribution in [0.5, 0.6) is 0 Å². The fourth-order valence-electron chi connectivity index (χ4n) is 1.23. The maximum Gasteiger partial charge on any atom is 0.112 e. The topological polar surface area (TPSA) is 32.8 Å². The molecular formula is C9H9BrO2. The van der Waals surface area contributed by atoms with Gasteiger partial charge in [0, 0.05) is 4.47 Å². The smallest absolute Gasteiger partial charge is 0.112 e. The van der Waals surface area contributed by atoms with Crippen molar-refractivity contribution in [2.45, 2.75) is 12.2 Å². The van der Waals surface area contributed by atoms with Crippen LogP contribution in [0.1, 0.15) is 11.7 Å². The Bertz CT molecular complexity index is 270. The summed E-state index contributed by atoms with van der Waals surface area (Å²) < 4.78 is 6.29. The molecule has 1 saturated heterocycles. The van der Waals surface area contributed by atoms with Gasteiger partial charge >= 0.3 is 0 Å². The van der Waals surface area contributed by atoms with Crippen LogP contribution in [-0.4, -0.2) is 17.8 Å². The van der Waals surface area contributed by atoms with E-state index in [0.717, 1.165) is 10.0 Å². The molecule has 0 amide bonds. The van der Waals surface area contributed by atoms with Gasteiger partial charge in [-0.2, -0.15) is 0 Å². The van der Waals surface area contributed by atoms with Crippen LogP contribution in [0, 0.1) is 0 Å². The van der Waals surface area contributed by atoms with Crippen LogP contribution in [0.15, 0.2) is 28.7 Å². The first-order valence-electron chi connectivity index (χ1n) is 3.83. The molecule has 1 heterocycles. The fraction of sp³-hybridized carbons (Fsp3) is 0.333. The van der Waals surface area contributed by atoms with Gasteiger partial charge in [-0.1, -0.05) is 28.1 Å². The number of aliphatic hydroxyl groups is 1. The summed E-state index contributed by atoms with van der Waals surface area (Å²) in [7, 11) is 0. The van der Waals surface area contributed by atoms with Gasteiger partial charge in [0.15, 0.2) is 0 Å². The van der Waals surface area contributed by atoms with Crippen molar-refractivity contribution >= 4 is 15.9 Å². The molecule has 0 unspecified atom stereocenters. The monoisotopic (exact) mass is 228 g/mol. The molecule has 1 aromatic carbocycles. The molecule has 0 aliphatic carbocycles. The van der Waals surface area contributed by atoms with Crippen LogP contribution in [-0.2, 0) is 4.74 Å². The third-order valence-electron chi connectivity index (χ3n) is 1.96. The second kappa shape index (κ2) is 3.17. The van der Waals surface area contributed by atoms with Gasteiger partial charge in [-0.15, -0.1) is 0 Å². The lowest BCUT2D eigenvalue weighted by atomic mass is 10.1. The molecule has 2 atom stereocenters. The normalized spacial score (nSPS) is 27.2. The molecule has 12 heavy (non-hydrogen) atoms. The van der Waals surface area contributed by atoms with Crippen LogP contribution in [0.2, 0.25) is 0 Å². The molecule has 0 bridgehead atoms. The molecule has 0 aromatic heterocycles. The van der Waals surface area contributed by atoms with E-state index in [2.05, 4.69) is 15.9 Å². The largest absolute Gasteiger partial charge is 0.394 e. The summed E-state index contributed by atoms with van der Waals surface area (Å²) in [5.41, 5.74) is 1.14. The van der Waals surface area contributed by atoms with Gasteiger partial charge in [0.2, 0.25) is 0 Å². The van der Waals surface area contributed by atoms with Gasteiger partial charge in [-0.05, 0) is 17.7 Å². The lowest BCUT2D eigenvalue weighted by Crippen LogP contribution is -1.93. The van der Waals surface area contributed by atoms with Gasteiger partial charge in [0.1, 0.15) is 12.2 Å². The van der Waals surface area contributed by atoms with Crippen LogP contribution < -0.4 is 0 Å². The summed E-state index contributed by atoms with van der Waals surface area (Å²) in [5, 5.41) is 8.76. The van der Waals surface area contributed by atoms with E-state index >= 15 is 0 Å². The first-order valence-corrected chi connectivity index (χ1v) is 4.62. The van der Waals surface area contributed by atoms with Gasteiger partial charge in [0.25, 0.3) is 0 Å². The van der Waals surface area contributed by atoms with Crippen molar-refractivity contribution in [3.05, 3.63) is 34.3 Å². The zero-order valence-electron chi connectivity index (χ0n) is 6.40. The third-order valence-corrected chi connectivity index (χ3v) is 2.49. The third kappa shape index (κ3) is 1.53. The summed E-state index contributed by atoms with van der Waals surface area (Å²) in [4.78, 5) is 0. The van der Waals surface area contributed by atoms with Gasteiger partial charge in [-0.3, -0.25) is 0 Å². The molecule has 1 aliphatic rings. The van der Waals surface area contributed by atoms with Crippen molar-refractivity contribution in [1.82, 2.24) is 0 Å². The Kier molecular flexibility index (Phi) is 2.17. The minimum Gasteiger partial charge on any atom is -0.394 e. The van der Waals surface area contributed by atoms with E-state index in [4.69, 9.17) is 9.84 Å². The predicted octanol–water partition coefficient (Wildman–Crippen LogP) is 1.88. The van der Waals surface area contributed by atoms with E-state index in [1.54, 1.807) is 0 Å². The standard InChI is InChI=1S/C9H9BrO2/c10-7-3-1-6(2-4-7)9-8(5-11)12-9/h1-4,8-9,11H,5H2/t8-,9+/m1/s1. The first kappa shape index (κ1) is 8.23. The average Bonchev–Trinajstić information content (AvgIpc) is 2.85. The lowest BCUT2D eigenvalue weighted by molar-refractivity contribution is 0.242. The molecule has 1 aliphatic heterocycles. The van der Waals surface area contributed by atoms with E-state index in [0.29, 0.717) is 0 Å². The van der Waals surface area contributed by atoms with E-state index < -0.39 is 0 Å². The summed E-state index contributed by atoms with van der Waals surface area (Å²) in [6.07, 6.45) is 0.134. The van der Waals surface area contributed by atoms with Gasteiger partial charge in [0.05, 0.1) is 6.61 Å². The highest BCUT2D eigenvalue weighted by Crippen LogP contribution is 2.38. The Balaban J connectivity index is 2.10. The second-order valence-corrected chi connectivity index (χ2v) is 3.74. The number of aliphatic hydroxyl groups excluding tert-OH is 1. The molecule has 0 saturated carbocycles. The molecule has 2 rings (SSSR count). The molecule has 1 fully saturated rings. The van der Waals surface area contributed by atoms with E-state index in [1.807, 2.05) is 24.3 Å². The Hall–Kier alpha value is -0.380. The van der Waals surface area contributed by atoms with Crippen molar-refractivity contribution in [1.29, 1.82) is 0 Å². The van der Waals surface area contributed by atoms with Crippen LogP contribution in [0.3, 0.4) is 0 Å². The molecular weight excluding hydrogens is 220 g/mol. The van der Waals surface area contributed by atoms with E-state index in [1.165, 1.54) is 0 Å². The lowest BCUT2D eigenvalue weighted by Gasteiger charge is -1.94. The molecule has 0 radical (unpaired) electrons. The predicted molar refractivity (Wildman–Crippen MR) is 48.8 cm³/mol. The molecule has 3 heteroatoms. The zero-order chi connectivity index (χ0) is 8.55. The number of hydrogen-bond acceptors (Lipinski definition) is 2. The van der Waals surface area contributed by atoms with Gasteiger partial charge in [-0.25, -0.2) is 0 Å². The van der Waals surface area contributed by atoms with E-state index in [9.17, 15) is 0 Å². The van der Waals surface area contributed by atoms with Crippen molar-refractivity contribution < 1.29 is 9.84 Å². The van der Waals surface area contributed by atoms with Crippen molar-refractivity contribution in [2.75, 3.05) is 6.61 Å². The number of ether oxygens (including phenoxy) is 1. The molecule has 64 valence electrons. The van der Waals surface area contributed by atoms with Crippen LogP contribution in [0.25, 0.3) is 0 Å². The Morgan fingerprint density at radius 3 is 2.50 bits per heavy atom. The minimum atomic E-state index is 0.0196. The Labute approximate surface area is 79.3 Å². The Morgan fingerprint density at radius 1 is 1.33 bits per heavy atom. The number of epoxide rings is 1. The molecule has 0 spiro atoms. The van der Waals surface area contributed by atoms with Crippen LogP contribution >= 0.6 is 15.9 Å². The number of halogens is 1.